The van der Waals surface area contributed by atoms with Crippen LogP contribution in [0.1, 0.15) is 232 Å². The smallest absolute Gasteiger partial charge is 0.397 e. The molecule has 13 heteroatoms. The van der Waals surface area contributed by atoms with E-state index in [0.717, 1.165) is 83.5 Å². The number of carbonyl (C=O) groups is 1. The van der Waals surface area contributed by atoms with Crippen LogP contribution < -0.4 is 0 Å². The van der Waals surface area contributed by atoms with Crippen molar-refractivity contribution in [2.45, 2.75) is 269 Å². The van der Waals surface area contributed by atoms with Crippen LogP contribution in [0.2, 0.25) is 0 Å². The molecular formula is C61H106O12S. The number of unbranched alkanes of at least 4 members (excludes halogenated alkanes) is 24. The van der Waals surface area contributed by atoms with Crippen molar-refractivity contribution in [2.24, 2.45) is 0 Å². The Morgan fingerprint density at radius 2 is 0.932 bits per heavy atom. The predicted octanol–water partition coefficient (Wildman–Crippen LogP) is 14.8. The van der Waals surface area contributed by atoms with Crippen LogP contribution in [0.15, 0.2) is 85.1 Å². The highest BCUT2D eigenvalue weighted by atomic mass is 32.3. The first-order chi connectivity index (χ1) is 36.1. The van der Waals surface area contributed by atoms with Crippen LogP contribution in [0.4, 0.5) is 0 Å². The molecule has 0 aromatic rings. The Bertz CT molecular complexity index is 1600. The highest BCUT2D eigenvalue weighted by Gasteiger charge is 2.48. The summed E-state index contributed by atoms with van der Waals surface area (Å²) < 4.78 is 59.4. The summed E-state index contributed by atoms with van der Waals surface area (Å²) in [6.07, 6.45) is 60.5. The molecule has 0 amide bonds. The molecule has 1 aliphatic heterocycles. The van der Waals surface area contributed by atoms with Gasteiger partial charge in [-0.15, -0.1) is 0 Å². The summed E-state index contributed by atoms with van der Waals surface area (Å²) in [5, 5.41) is 30.9. The van der Waals surface area contributed by atoms with Gasteiger partial charge in [-0.2, -0.15) is 8.42 Å². The van der Waals surface area contributed by atoms with Crippen LogP contribution in [0.5, 0.6) is 0 Å². The SMILES string of the molecule is CC/C=C\C/C=C\C/C=C\C/C=C\C/C=C\C/C=C\C/C=C\CCCCCC(=O)OC(COCCCCCCCCCCCCCCCCCCCCCCCC)COC1OC(CO)C(O)C(OS(=O)(=O)O)C1O. The van der Waals surface area contributed by atoms with Crippen LogP contribution in [0, 0.1) is 0 Å². The number of rotatable bonds is 51. The van der Waals surface area contributed by atoms with Crippen molar-refractivity contribution in [2.75, 3.05) is 26.4 Å². The third-order valence-corrected chi connectivity index (χ3v) is 13.5. The maximum absolute atomic E-state index is 13.0. The van der Waals surface area contributed by atoms with E-state index < -0.39 is 59.8 Å². The zero-order valence-corrected chi connectivity index (χ0v) is 47.2. The van der Waals surface area contributed by atoms with Crippen molar-refractivity contribution >= 4 is 16.4 Å². The van der Waals surface area contributed by atoms with Gasteiger partial charge in [-0.05, 0) is 70.6 Å². The van der Waals surface area contributed by atoms with E-state index in [2.05, 4.69) is 103 Å². The van der Waals surface area contributed by atoms with Crippen LogP contribution in [0.3, 0.4) is 0 Å². The van der Waals surface area contributed by atoms with Gasteiger partial charge in [-0.3, -0.25) is 9.35 Å². The molecule has 1 saturated heterocycles. The number of esters is 1. The van der Waals surface area contributed by atoms with Crippen molar-refractivity contribution in [3.63, 3.8) is 0 Å². The second-order valence-corrected chi connectivity index (χ2v) is 20.9. The molecule has 1 aliphatic rings. The minimum Gasteiger partial charge on any atom is -0.457 e. The molecule has 0 bridgehead atoms. The third kappa shape index (κ3) is 43.4. The summed E-state index contributed by atoms with van der Waals surface area (Å²) in [4.78, 5) is 13.0. The van der Waals surface area contributed by atoms with E-state index >= 15 is 0 Å². The van der Waals surface area contributed by atoms with E-state index in [1.54, 1.807) is 0 Å². The fourth-order valence-corrected chi connectivity index (χ4v) is 9.16. The minimum absolute atomic E-state index is 0.0202. The number of allylic oxidation sites excluding steroid dienone is 14. The molecule has 0 saturated carbocycles. The van der Waals surface area contributed by atoms with Gasteiger partial charge in [0.15, 0.2) is 6.29 Å². The molecule has 6 atom stereocenters. The van der Waals surface area contributed by atoms with Gasteiger partial charge < -0.3 is 34.3 Å². The number of hydrogen-bond donors (Lipinski definition) is 4. The van der Waals surface area contributed by atoms with Crippen molar-refractivity contribution in [3.8, 4) is 0 Å². The second-order valence-electron chi connectivity index (χ2n) is 19.9. The Kier molecular flexibility index (Phi) is 47.8. The minimum atomic E-state index is -5.08. The molecular weight excluding hydrogens is 957 g/mol. The summed E-state index contributed by atoms with van der Waals surface area (Å²) in [6.45, 7) is 3.87. The van der Waals surface area contributed by atoms with Gasteiger partial charge >= 0.3 is 16.4 Å². The average Bonchev–Trinajstić information content (AvgIpc) is 3.38. The molecule has 74 heavy (non-hydrogen) atoms. The Labute approximate surface area is 451 Å². The van der Waals surface area contributed by atoms with Crippen molar-refractivity contribution in [1.29, 1.82) is 0 Å². The maximum atomic E-state index is 13.0. The molecule has 0 spiro atoms. The van der Waals surface area contributed by atoms with Crippen LogP contribution in [-0.2, 0) is 38.3 Å². The number of ether oxygens (including phenoxy) is 4. The summed E-state index contributed by atoms with van der Waals surface area (Å²) in [5.41, 5.74) is 0. The third-order valence-electron chi connectivity index (χ3n) is 13.0. The largest absolute Gasteiger partial charge is 0.457 e. The molecule has 0 aromatic heterocycles. The molecule has 12 nitrogen and oxygen atoms in total. The zero-order valence-electron chi connectivity index (χ0n) is 46.4. The van der Waals surface area contributed by atoms with Gasteiger partial charge in [-0.1, -0.05) is 240 Å². The highest BCUT2D eigenvalue weighted by Crippen LogP contribution is 2.26. The number of aliphatic hydroxyl groups excluding tert-OH is 3. The second kappa shape index (κ2) is 51.1. The van der Waals surface area contributed by atoms with Gasteiger partial charge in [-0.25, -0.2) is 4.18 Å². The van der Waals surface area contributed by atoms with Crippen LogP contribution in [0.25, 0.3) is 0 Å². The first-order valence-corrected chi connectivity index (χ1v) is 30.7. The molecule has 1 rings (SSSR count). The van der Waals surface area contributed by atoms with Gasteiger partial charge in [0.2, 0.25) is 0 Å². The molecule has 0 aliphatic carbocycles. The lowest BCUT2D eigenvalue weighted by molar-refractivity contribution is -0.301. The van der Waals surface area contributed by atoms with E-state index in [9.17, 15) is 33.1 Å². The zero-order chi connectivity index (χ0) is 53.8. The Hall–Kier alpha value is -2.72. The monoisotopic (exact) mass is 1060 g/mol. The molecule has 1 fully saturated rings. The van der Waals surface area contributed by atoms with Gasteiger partial charge in [0.25, 0.3) is 0 Å². The normalized spacial score (nSPS) is 19.4. The van der Waals surface area contributed by atoms with Crippen molar-refractivity contribution in [3.05, 3.63) is 85.1 Å². The summed E-state index contributed by atoms with van der Waals surface area (Å²) in [6, 6.07) is 0. The van der Waals surface area contributed by atoms with Crippen molar-refractivity contribution < 1.29 is 56.2 Å². The lowest BCUT2D eigenvalue weighted by Gasteiger charge is -2.41. The highest BCUT2D eigenvalue weighted by molar-refractivity contribution is 7.80. The lowest BCUT2D eigenvalue weighted by Crippen LogP contribution is -2.60. The summed E-state index contributed by atoms with van der Waals surface area (Å²) in [7, 11) is -5.08. The summed E-state index contributed by atoms with van der Waals surface area (Å²) in [5.74, 6) is -0.430. The van der Waals surface area contributed by atoms with Crippen LogP contribution in [-0.4, -0.2) is 97.5 Å². The average molecular weight is 1060 g/mol. The molecule has 0 aromatic carbocycles. The van der Waals surface area contributed by atoms with E-state index in [0.29, 0.717) is 13.0 Å². The predicted molar refractivity (Wildman–Crippen MR) is 303 cm³/mol. The fraction of sp³-hybridized carbons (Fsp3) is 0.754. The van der Waals surface area contributed by atoms with E-state index in [1.165, 1.54) is 122 Å². The number of hydrogen-bond acceptors (Lipinski definition) is 11. The first kappa shape index (κ1) is 69.3. The molecule has 4 N–H and O–H groups in total. The topological polar surface area (TPSA) is 178 Å². The Morgan fingerprint density at radius 1 is 0.527 bits per heavy atom. The standard InChI is InChI=1S/C61H106O12S/c1-3-5-7-9-11-13-15-17-19-21-23-25-27-28-29-30-32-34-36-38-40-42-44-46-48-50-57(63)71-55(54-70-61-59(65)60(73-74(66,67)68)58(64)56(52-62)72-61)53-69-51-49-47-45-43-41-39-37-35-33-31-26-24-22-20-18-16-14-12-10-8-6-4-2/h5,7,11,13,17,19,23,25,28-29,32,34,38,40,55-56,58-62,64-65H,3-4,6,8-10,12,14-16,18,20-22,24,26-27,30-31,33,35-37,39,41-54H2,1-2H3,(H,66,67,68)/b7-5-,13-11-,19-17-,25-23-,29-28-,34-32-,40-38-. The Balaban J connectivity index is 2.33. The molecule has 0 radical (unpaired) electrons. The number of aliphatic hydroxyl groups is 3. The van der Waals surface area contributed by atoms with Gasteiger partial charge in [0.05, 0.1) is 19.8 Å². The van der Waals surface area contributed by atoms with E-state index in [4.69, 9.17) is 18.9 Å². The quantitative estimate of drug-likeness (QED) is 0.0196. The fourth-order valence-electron chi connectivity index (χ4n) is 8.65. The molecule has 1 heterocycles. The maximum Gasteiger partial charge on any atom is 0.397 e. The Morgan fingerprint density at radius 3 is 1.35 bits per heavy atom. The van der Waals surface area contributed by atoms with Gasteiger partial charge in [0, 0.05) is 13.0 Å². The number of carbonyl (C=O) groups excluding carboxylic acids is 1. The van der Waals surface area contributed by atoms with Crippen molar-refractivity contribution in [1.82, 2.24) is 0 Å². The van der Waals surface area contributed by atoms with Crippen LogP contribution >= 0.6 is 0 Å². The summed E-state index contributed by atoms with van der Waals surface area (Å²) >= 11 is 0. The van der Waals surface area contributed by atoms with E-state index in [-0.39, 0.29) is 19.6 Å². The molecule has 6 unspecified atom stereocenters. The lowest BCUT2D eigenvalue weighted by atomic mass is 9.99. The van der Waals surface area contributed by atoms with E-state index in [1.807, 2.05) is 0 Å². The van der Waals surface area contributed by atoms with Gasteiger partial charge in [0.1, 0.15) is 30.5 Å². The molecule has 428 valence electrons. The first-order valence-electron chi connectivity index (χ1n) is 29.3.